The molecule has 1 aromatic heterocycles. The second kappa shape index (κ2) is 3.20. The Morgan fingerprint density at radius 3 is 2.38 bits per heavy atom. The van der Waals surface area contributed by atoms with Gasteiger partial charge >= 0.3 is 6.18 Å². The molecule has 16 heavy (non-hydrogen) atoms. The van der Waals surface area contributed by atoms with Gasteiger partial charge in [0.25, 0.3) is 0 Å². The zero-order valence-corrected chi connectivity index (χ0v) is 9.05. The van der Waals surface area contributed by atoms with Crippen LogP contribution in [0.3, 0.4) is 0 Å². The van der Waals surface area contributed by atoms with Crippen LogP contribution in [0.15, 0.2) is 18.5 Å². The van der Waals surface area contributed by atoms with Gasteiger partial charge in [-0.15, -0.1) is 0 Å². The average molecular weight is 230 g/mol. The lowest BCUT2D eigenvalue weighted by Gasteiger charge is -2.12. The third-order valence-electron chi connectivity index (χ3n) is 3.40. The SMILES string of the molecule is CC1(C)[C@@H](N)[C@@H]1c1cnccc1C(F)(F)F. The van der Waals surface area contributed by atoms with Crippen LogP contribution in [0.4, 0.5) is 13.2 Å². The number of hydrogen-bond donors (Lipinski definition) is 1. The predicted octanol–water partition coefficient (Wildman–Crippen LogP) is 2.55. The van der Waals surface area contributed by atoms with E-state index in [0.717, 1.165) is 12.3 Å². The van der Waals surface area contributed by atoms with Crippen LogP contribution in [0.25, 0.3) is 0 Å². The summed E-state index contributed by atoms with van der Waals surface area (Å²) in [5, 5.41) is 0. The van der Waals surface area contributed by atoms with E-state index in [4.69, 9.17) is 5.73 Å². The lowest BCUT2D eigenvalue weighted by atomic mass is 10.00. The highest BCUT2D eigenvalue weighted by Crippen LogP contribution is 2.58. The second-order valence-electron chi connectivity index (χ2n) is 4.79. The van der Waals surface area contributed by atoms with Crippen molar-refractivity contribution in [3.63, 3.8) is 0 Å². The normalized spacial score (nSPS) is 27.9. The van der Waals surface area contributed by atoms with Crippen molar-refractivity contribution < 1.29 is 13.2 Å². The van der Waals surface area contributed by atoms with Crippen molar-refractivity contribution in [3.8, 4) is 0 Å². The Bertz CT molecular complexity index is 412. The molecule has 0 aromatic carbocycles. The fraction of sp³-hybridized carbons (Fsp3) is 0.545. The first kappa shape index (κ1) is 11.4. The van der Waals surface area contributed by atoms with E-state index in [1.54, 1.807) is 0 Å². The molecule has 1 aliphatic rings. The highest BCUT2D eigenvalue weighted by Gasteiger charge is 2.58. The Morgan fingerprint density at radius 2 is 1.94 bits per heavy atom. The Morgan fingerprint density at radius 1 is 1.38 bits per heavy atom. The van der Waals surface area contributed by atoms with E-state index < -0.39 is 11.7 Å². The third kappa shape index (κ3) is 1.59. The largest absolute Gasteiger partial charge is 0.416 e. The highest BCUT2D eigenvalue weighted by atomic mass is 19.4. The summed E-state index contributed by atoms with van der Waals surface area (Å²) in [4.78, 5) is 3.76. The van der Waals surface area contributed by atoms with Gasteiger partial charge in [-0.05, 0) is 17.0 Å². The Kier molecular flexibility index (Phi) is 2.28. The molecule has 2 nitrogen and oxygen atoms in total. The summed E-state index contributed by atoms with van der Waals surface area (Å²) < 4.78 is 38.2. The molecule has 0 aliphatic heterocycles. The first-order valence-corrected chi connectivity index (χ1v) is 5.03. The molecular formula is C11H13F3N2. The van der Waals surface area contributed by atoms with Crippen molar-refractivity contribution in [1.82, 2.24) is 4.98 Å². The molecule has 1 heterocycles. The molecule has 1 saturated carbocycles. The smallest absolute Gasteiger partial charge is 0.327 e. The maximum atomic E-state index is 12.7. The minimum atomic E-state index is -4.34. The van der Waals surface area contributed by atoms with Crippen molar-refractivity contribution in [2.24, 2.45) is 11.1 Å². The summed E-state index contributed by atoms with van der Waals surface area (Å²) in [5.41, 5.74) is 5.12. The van der Waals surface area contributed by atoms with Crippen molar-refractivity contribution in [1.29, 1.82) is 0 Å². The van der Waals surface area contributed by atoms with Crippen LogP contribution in [-0.2, 0) is 6.18 Å². The maximum absolute atomic E-state index is 12.7. The topological polar surface area (TPSA) is 38.9 Å². The fourth-order valence-corrected chi connectivity index (χ4v) is 2.18. The van der Waals surface area contributed by atoms with Gasteiger partial charge in [0.2, 0.25) is 0 Å². The summed E-state index contributed by atoms with van der Waals surface area (Å²) in [6.45, 7) is 3.74. The van der Waals surface area contributed by atoms with Crippen LogP contribution < -0.4 is 5.73 Å². The standard InChI is InChI=1S/C11H13F3N2/c1-10(2)8(9(10)15)6-5-16-4-3-7(6)11(12,13)14/h3-5,8-9H,15H2,1-2H3/t8-,9-/m0/s1. The van der Waals surface area contributed by atoms with Gasteiger partial charge in [0.15, 0.2) is 0 Å². The molecule has 1 aliphatic carbocycles. The summed E-state index contributed by atoms with van der Waals surface area (Å²) in [7, 11) is 0. The molecule has 5 heteroatoms. The summed E-state index contributed by atoms with van der Waals surface area (Å²) in [5.74, 6) is -0.252. The lowest BCUT2D eigenvalue weighted by Crippen LogP contribution is -2.11. The number of aromatic nitrogens is 1. The zero-order chi connectivity index (χ0) is 12.1. The molecule has 0 saturated heterocycles. The number of nitrogens with two attached hydrogens (primary N) is 1. The molecule has 1 fully saturated rings. The number of halogens is 3. The Hall–Kier alpha value is -1.10. The monoisotopic (exact) mass is 230 g/mol. The molecule has 0 spiro atoms. The second-order valence-corrected chi connectivity index (χ2v) is 4.79. The van der Waals surface area contributed by atoms with Gasteiger partial charge in [-0.25, -0.2) is 0 Å². The first-order valence-electron chi connectivity index (χ1n) is 5.03. The molecule has 2 rings (SSSR count). The van der Waals surface area contributed by atoms with Crippen LogP contribution in [0, 0.1) is 5.41 Å². The third-order valence-corrected chi connectivity index (χ3v) is 3.40. The summed E-state index contributed by atoms with van der Waals surface area (Å²) >= 11 is 0. The van der Waals surface area contributed by atoms with Gasteiger partial charge in [-0.1, -0.05) is 13.8 Å². The van der Waals surface area contributed by atoms with Crippen LogP contribution in [0.2, 0.25) is 0 Å². The van der Waals surface area contributed by atoms with Gasteiger partial charge in [-0.2, -0.15) is 13.2 Å². The molecule has 1 aromatic rings. The predicted molar refractivity (Wildman–Crippen MR) is 53.7 cm³/mol. The minimum absolute atomic E-state index is 0.215. The highest BCUT2D eigenvalue weighted by molar-refractivity contribution is 5.39. The van der Waals surface area contributed by atoms with E-state index in [1.807, 2.05) is 13.8 Å². The van der Waals surface area contributed by atoms with E-state index in [0.29, 0.717) is 0 Å². The first-order chi connectivity index (χ1) is 7.26. The Balaban J connectivity index is 2.44. The minimum Gasteiger partial charge on any atom is -0.327 e. The molecule has 88 valence electrons. The molecule has 0 bridgehead atoms. The van der Waals surface area contributed by atoms with E-state index >= 15 is 0 Å². The molecule has 0 unspecified atom stereocenters. The number of rotatable bonds is 1. The number of pyridine rings is 1. The van der Waals surface area contributed by atoms with Crippen LogP contribution in [0.5, 0.6) is 0 Å². The molecule has 0 amide bonds. The van der Waals surface area contributed by atoms with Crippen molar-refractivity contribution in [2.45, 2.75) is 32.0 Å². The summed E-state index contributed by atoms with van der Waals surface area (Å²) in [6, 6.07) is 0.786. The number of alkyl halides is 3. The van der Waals surface area contributed by atoms with Gasteiger partial charge in [0, 0.05) is 24.4 Å². The van der Waals surface area contributed by atoms with E-state index in [1.165, 1.54) is 6.20 Å². The quantitative estimate of drug-likeness (QED) is 0.805. The number of hydrogen-bond acceptors (Lipinski definition) is 2. The van der Waals surface area contributed by atoms with E-state index in [-0.39, 0.29) is 22.9 Å². The Labute approximate surface area is 91.7 Å². The van der Waals surface area contributed by atoms with Gasteiger partial charge in [0.1, 0.15) is 0 Å². The van der Waals surface area contributed by atoms with Gasteiger partial charge < -0.3 is 5.73 Å². The molecule has 2 N–H and O–H groups in total. The van der Waals surface area contributed by atoms with Crippen molar-refractivity contribution in [3.05, 3.63) is 29.6 Å². The van der Waals surface area contributed by atoms with Crippen LogP contribution in [0.1, 0.15) is 30.9 Å². The van der Waals surface area contributed by atoms with E-state index in [9.17, 15) is 13.2 Å². The zero-order valence-electron chi connectivity index (χ0n) is 9.05. The average Bonchev–Trinajstić information content (AvgIpc) is 2.65. The fourth-order valence-electron chi connectivity index (χ4n) is 2.18. The molecule has 2 atom stereocenters. The van der Waals surface area contributed by atoms with Gasteiger partial charge in [-0.3, -0.25) is 4.98 Å². The van der Waals surface area contributed by atoms with Crippen LogP contribution in [-0.4, -0.2) is 11.0 Å². The van der Waals surface area contributed by atoms with Gasteiger partial charge in [0.05, 0.1) is 5.56 Å². The summed E-state index contributed by atoms with van der Waals surface area (Å²) in [6.07, 6.45) is -1.90. The maximum Gasteiger partial charge on any atom is 0.416 e. The lowest BCUT2D eigenvalue weighted by molar-refractivity contribution is -0.138. The van der Waals surface area contributed by atoms with Crippen molar-refractivity contribution in [2.75, 3.05) is 0 Å². The number of nitrogens with zero attached hydrogens (tertiary/aromatic N) is 1. The molecular weight excluding hydrogens is 217 g/mol. The molecule has 0 radical (unpaired) electrons. The van der Waals surface area contributed by atoms with E-state index in [2.05, 4.69) is 4.98 Å². The van der Waals surface area contributed by atoms with Crippen LogP contribution >= 0.6 is 0 Å². The van der Waals surface area contributed by atoms with Crippen molar-refractivity contribution >= 4 is 0 Å².